The number of fused-ring (bicyclic) bond motifs is 3. The minimum atomic E-state index is 0.0254. The zero-order chi connectivity index (χ0) is 25.3. The van der Waals surface area contributed by atoms with Gasteiger partial charge in [-0.15, -0.1) is 0 Å². The van der Waals surface area contributed by atoms with E-state index in [1.807, 2.05) is 0 Å². The Morgan fingerprint density at radius 1 is 0.765 bits per heavy atom. The maximum absolute atomic E-state index is 4.44. The van der Waals surface area contributed by atoms with Gasteiger partial charge in [0.25, 0.3) is 0 Å². The lowest BCUT2D eigenvalue weighted by atomic mass is 9.73. The van der Waals surface area contributed by atoms with E-state index in [0.717, 1.165) is 25.0 Å². The molecule has 0 aliphatic heterocycles. The largest absolute Gasteiger partial charge is 0.357 e. The summed E-state index contributed by atoms with van der Waals surface area (Å²) in [6.45, 7) is 27.7. The number of aromatic nitrogens is 1. The highest BCUT2D eigenvalue weighted by Crippen LogP contribution is 2.55. The minimum absolute atomic E-state index is 0.0254. The second kappa shape index (κ2) is 8.29. The molecule has 1 aliphatic carbocycles. The summed E-state index contributed by atoms with van der Waals surface area (Å²) >= 11 is 0. The molecule has 1 heteroatoms. The van der Waals surface area contributed by atoms with Crippen molar-refractivity contribution in [1.82, 2.24) is 0 Å². The van der Waals surface area contributed by atoms with Crippen molar-refractivity contribution >= 4 is 0 Å². The van der Waals surface area contributed by atoms with Crippen molar-refractivity contribution in [2.75, 3.05) is 0 Å². The van der Waals surface area contributed by atoms with Crippen molar-refractivity contribution in [2.45, 2.75) is 93.9 Å². The predicted octanol–water partition coefficient (Wildman–Crippen LogP) is 8.03. The number of rotatable bonds is 4. The first-order chi connectivity index (χ1) is 16.0. The topological polar surface area (TPSA) is 3.88 Å². The van der Waals surface area contributed by atoms with Crippen LogP contribution >= 0.6 is 0 Å². The summed E-state index contributed by atoms with van der Waals surface area (Å²) in [6.07, 6.45) is 3.22. The summed E-state index contributed by atoms with van der Waals surface area (Å²) in [6, 6.07) is 5.02. The van der Waals surface area contributed by atoms with E-state index in [2.05, 4.69) is 99.9 Å². The Balaban J connectivity index is 2.13. The van der Waals surface area contributed by atoms with Crippen molar-refractivity contribution in [3.63, 3.8) is 0 Å². The molecule has 0 spiro atoms. The van der Waals surface area contributed by atoms with Gasteiger partial charge in [0, 0.05) is 23.5 Å². The zero-order valence-corrected chi connectivity index (χ0v) is 23.4. The van der Waals surface area contributed by atoms with Crippen LogP contribution in [0.4, 0.5) is 0 Å². The van der Waals surface area contributed by atoms with Gasteiger partial charge in [-0.1, -0.05) is 33.8 Å². The van der Waals surface area contributed by atoms with Gasteiger partial charge >= 0.3 is 5.69 Å². The number of hydrogen-bond donors (Lipinski definition) is 0. The Kier molecular flexibility index (Phi) is 6.00. The monoisotopic (exact) mass is 453 g/mol. The van der Waals surface area contributed by atoms with E-state index >= 15 is 0 Å². The van der Waals surface area contributed by atoms with Crippen LogP contribution in [0.1, 0.15) is 95.4 Å². The molecule has 1 heterocycles. The molecule has 0 fully saturated rings. The Morgan fingerprint density at radius 2 is 1.35 bits per heavy atom. The Bertz CT molecular complexity index is 1340. The van der Waals surface area contributed by atoms with E-state index in [4.69, 9.17) is 0 Å². The average Bonchev–Trinajstić information content (AvgIpc) is 3.07. The fourth-order valence-corrected chi connectivity index (χ4v) is 6.89. The molecule has 0 amide bonds. The van der Waals surface area contributed by atoms with Gasteiger partial charge in [0.1, 0.15) is 14.0 Å². The predicted molar refractivity (Wildman–Crippen MR) is 147 cm³/mol. The molecule has 0 bridgehead atoms. The number of benzene rings is 2. The molecule has 34 heavy (non-hydrogen) atoms. The third-order valence-electron chi connectivity index (χ3n) is 9.39. The lowest BCUT2D eigenvalue weighted by molar-refractivity contribution is -0.664. The van der Waals surface area contributed by atoms with E-state index in [1.54, 1.807) is 5.56 Å². The van der Waals surface area contributed by atoms with Gasteiger partial charge < -0.3 is 0 Å². The SMILES string of the molecule is [CH2+]c1c(C)c(C)c(CC)c(-c2cc3c(cc2C)-c2c(C)c(C)c(CC)c(C)c2C3(C)CC)[n+]1C. The molecule has 1 atom stereocenters. The van der Waals surface area contributed by atoms with Crippen LogP contribution in [0.3, 0.4) is 0 Å². The van der Waals surface area contributed by atoms with E-state index < -0.39 is 0 Å². The first-order valence-corrected chi connectivity index (χ1v) is 13.1. The van der Waals surface area contributed by atoms with Gasteiger partial charge in [-0.3, -0.25) is 0 Å². The first-order valence-electron chi connectivity index (χ1n) is 13.1. The van der Waals surface area contributed by atoms with Gasteiger partial charge in [0.15, 0.2) is 5.56 Å². The minimum Gasteiger partial charge on any atom is -0.159 e. The second-order valence-corrected chi connectivity index (χ2v) is 10.8. The quantitative estimate of drug-likeness (QED) is 0.278. The molecule has 0 saturated heterocycles. The van der Waals surface area contributed by atoms with E-state index in [1.165, 1.54) is 72.5 Å². The van der Waals surface area contributed by atoms with Gasteiger partial charge in [0.2, 0.25) is 5.69 Å². The maximum Gasteiger partial charge on any atom is 0.357 e. The Labute approximate surface area is 208 Å². The van der Waals surface area contributed by atoms with Crippen molar-refractivity contribution in [3.05, 3.63) is 80.4 Å². The molecule has 1 nitrogen and oxygen atoms in total. The lowest BCUT2D eigenvalue weighted by Crippen LogP contribution is -2.38. The van der Waals surface area contributed by atoms with Crippen molar-refractivity contribution < 1.29 is 4.57 Å². The molecule has 1 unspecified atom stereocenters. The van der Waals surface area contributed by atoms with Gasteiger partial charge in [-0.05, 0) is 110 Å². The summed E-state index contributed by atoms with van der Waals surface area (Å²) in [5.41, 5.74) is 21.3. The smallest absolute Gasteiger partial charge is 0.159 e. The molecular weight excluding hydrogens is 410 g/mol. The van der Waals surface area contributed by atoms with Crippen LogP contribution in [0.5, 0.6) is 0 Å². The highest BCUT2D eigenvalue weighted by molar-refractivity contribution is 5.88. The lowest BCUT2D eigenvalue weighted by Gasteiger charge is -2.29. The summed E-state index contributed by atoms with van der Waals surface area (Å²) in [5, 5.41) is 0. The summed E-state index contributed by atoms with van der Waals surface area (Å²) in [5.74, 6) is 0. The maximum atomic E-state index is 4.44. The standard InChI is InChI=1S/C33H43N/c1-13-25-21(7)22(8)30-28-16-18(4)27(17-29(28)33(11,15-3)31(30)23(25)9)32-26(14-2)20(6)19(5)24(10)34(32)12/h16-17H,10,13-15H2,1-9,11-12H3/q+2. The van der Waals surface area contributed by atoms with Crippen LogP contribution in [-0.2, 0) is 25.3 Å². The third-order valence-corrected chi connectivity index (χ3v) is 9.39. The number of hydrogen-bond acceptors (Lipinski definition) is 0. The molecular formula is C33H43N+2. The highest BCUT2D eigenvalue weighted by Gasteiger charge is 2.42. The van der Waals surface area contributed by atoms with Crippen molar-refractivity contribution in [3.8, 4) is 22.4 Å². The first kappa shape index (κ1) is 24.6. The van der Waals surface area contributed by atoms with E-state index in [9.17, 15) is 0 Å². The van der Waals surface area contributed by atoms with Gasteiger partial charge in [-0.2, -0.15) is 4.57 Å². The summed E-state index contributed by atoms with van der Waals surface area (Å²) in [4.78, 5) is 0. The normalized spacial score (nSPS) is 16.7. The average molecular weight is 454 g/mol. The molecule has 0 saturated carbocycles. The van der Waals surface area contributed by atoms with E-state index in [0.29, 0.717) is 0 Å². The second-order valence-electron chi connectivity index (χ2n) is 10.8. The molecule has 1 aromatic heterocycles. The van der Waals surface area contributed by atoms with Crippen molar-refractivity contribution in [1.29, 1.82) is 0 Å². The molecule has 2 aromatic carbocycles. The van der Waals surface area contributed by atoms with E-state index in [-0.39, 0.29) is 5.41 Å². The molecule has 4 rings (SSSR count). The van der Waals surface area contributed by atoms with Crippen LogP contribution < -0.4 is 4.57 Å². The highest BCUT2D eigenvalue weighted by atomic mass is 14.9. The molecule has 0 N–H and O–H groups in total. The van der Waals surface area contributed by atoms with Crippen LogP contribution in [0.2, 0.25) is 0 Å². The number of nitrogens with zero attached hydrogens (tertiary/aromatic N) is 1. The van der Waals surface area contributed by atoms with Crippen LogP contribution in [0.25, 0.3) is 22.4 Å². The fourth-order valence-electron chi connectivity index (χ4n) is 6.89. The van der Waals surface area contributed by atoms with Crippen LogP contribution in [0.15, 0.2) is 12.1 Å². The number of aryl methyl sites for hydroxylation is 1. The van der Waals surface area contributed by atoms with Crippen molar-refractivity contribution in [2.24, 2.45) is 7.05 Å². The van der Waals surface area contributed by atoms with Gasteiger partial charge in [-0.25, -0.2) is 0 Å². The van der Waals surface area contributed by atoms with Crippen LogP contribution in [0, 0.1) is 48.5 Å². The third kappa shape index (κ3) is 3.05. The molecule has 3 aromatic rings. The fraction of sp³-hybridized carbons (Fsp3) is 0.455. The summed E-state index contributed by atoms with van der Waals surface area (Å²) in [7, 11) is 2.19. The molecule has 1 aliphatic rings. The van der Waals surface area contributed by atoms with Crippen LogP contribution in [-0.4, -0.2) is 0 Å². The Morgan fingerprint density at radius 3 is 1.91 bits per heavy atom. The summed E-state index contributed by atoms with van der Waals surface area (Å²) < 4.78 is 2.33. The molecule has 178 valence electrons. The Hall–Kier alpha value is -2.54. The number of pyridine rings is 1. The molecule has 0 radical (unpaired) electrons. The zero-order valence-electron chi connectivity index (χ0n) is 23.4. The van der Waals surface area contributed by atoms with Gasteiger partial charge in [0.05, 0.1) is 5.56 Å².